The summed E-state index contributed by atoms with van der Waals surface area (Å²) < 4.78 is 18.1. The molecule has 0 radical (unpaired) electrons. The third-order valence-corrected chi connectivity index (χ3v) is 5.59. The lowest BCUT2D eigenvalue weighted by atomic mass is 9.95. The molecule has 1 fully saturated rings. The number of amides is 1. The molecular weight excluding hydrogens is 465 g/mol. The lowest BCUT2D eigenvalue weighted by Gasteiger charge is -2.22. The summed E-state index contributed by atoms with van der Waals surface area (Å²) in [6, 6.07) is 6.10. The Morgan fingerprint density at radius 1 is 1.28 bits per heavy atom. The van der Waals surface area contributed by atoms with Gasteiger partial charge >= 0.3 is 5.97 Å². The van der Waals surface area contributed by atoms with Crippen LogP contribution in [0.1, 0.15) is 43.0 Å². The monoisotopic (exact) mass is 503 g/mol. The maximum absolute atomic E-state index is 12.4. The molecule has 1 aromatic rings. The molecule has 0 bridgehead atoms. The van der Waals surface area contributed by atoms with E-state index in [-0.39, 0.29) is 24.7 Å². The molecule has 36 heavy (non-hydrogen) atoms. The van der Waals surface area contributed by atoms with Gasteiger partial charge in [-0.05, 0) is 76.5 Å². The van der Waals surface area contributed by atoms with Crippen LogP contribution >= 0.6 is 0 Å². The fourth-order valence-electron chi connectivity index (χ4n) is 3.31. The number of carbonyl (C=O) groups excluding carboxylic acids is 2. The maximum atomic E-state index is 12.4. The molecule has 2 rings (SSSR count). The number of rotatable bonds is 13. The van der Waals surface area contributed by atoms with Crippen LogP contribution in [0.15, 0.2) is 60.5 Å². The van der Waals surface area contributed by atoms with Crippen LogP contribution in [-0.4, -0.2) is 62.6 Å². The molecule has 0 saturated carbocycles. The van der Waals surface area contributed by atoms with Crippen molar-refractivity contribution in [2.45, 2.75) is 38.6 Å². The number of halogens is 1. The Hall–Kier alpha value is -3.30. The highest BCUT2D eigenvalue weighted by Crippen LogP contribution is 2.18. The van der Waals surface area contributed by atoms with Crippen molar-refractivity contribution in [1.29, 1.82) is 0 Å². The number of nitrogens with one attached hydrogen (secondary N) is 3. The van der Waals surface area contributed by atoms with E-state index in [0.717, 1.165) is 31.2 Å². The molecule has 4 N–H and O–H groups in total. The Kier molecular flexibility index (Phi) is 15.4. The number of ether oxygens (including phenoxy) is 1. The second-order valence-corrected chi connectivity index (χ2v) is 8.28. The van der Waals surface area contributed by atoms with Crippen molar-refractivity contribution < 1.29 is 28.6 Å². The average Bonchev–Trinajstić information content (AvgIpc) is 2.89. The van der Waals surface area contributed by atoms with Gasteiger partial charge in [0.05, 0.1) is 12.4 Å². The van der Waals surface area contributed by atoms with Crippen LogP contribution < -0.4 is 20.7 Å². The minimum Gasteiger partial charge on any atom is -0.494 e. The first kappa shape index (κ1) is 30.7. The zero-order chi connectivity index (χ0) is 26.8. The van der Waals surface area contributed by atoms with Gasteiger partial charge in [0.1, 0.15) is 18.1 Å². The largest absolute Gasteiger partial charge is 0.494 e. The molecule has 1 unspecified atom stereocenters. The number of benzene rings is 1. The first-order valence-corrected chi connectivity index (χ1v) is 12.0. The van der Waals surface area contributed by atoms with Crippen molar-refractivity contribution in [1.82, 2.24) is 16.0 Å². The molecule has 0 aliphatic carbocycles. The standard InChI is InChI=1S/C18H27N3O4.C9H11FO/c1-19-16(18(23)24)12-21-17(22)14-2-4-15(5-3-14)25-11-8-13-6-9-20-10-7-13;1-3-9(10)6-4-5-8(2)7-11/h2-5,13,16,19-20H,6-12H2,1H3,(H,21,22)(H,23,24);3-5,7H,2,6H2,1H3/b;5-4?,9-3+. The molecule has 1 aromatic carbocycles. The van der Waals surface area contributed by atoms with E-state index in [9.17, 15) is 18.8 Å². The van der Waals surface area contributed by atoms with Gasteiger partial charge in [0, 0.05) is 24.1 Å². The second-order valence-electron chi connectivity index (χ2n) is 8.28. The van der Waals surface area contributed by atoms with Gasteiger partial charge in [0.2, 0.25) is 0 Å². The molecule has 0 spiro atoms. The molecule has 1 atom stereocenters. The number of carboxylic acids is 1. The van der Waals surface area contributed by atoms with E-state index in [1.54, 1.807) is 44.3 Å². The van der Waals surface area contributed by atoms with Gasteiger partial charge in [-0.2, -0.15) is 0 Å². The van der Waals surface area contributed by atoms with Gasteiger partial charge < -0.3 is 25.8 Å². The molecule has 198 valence electrons. The summed E-state index contributed by atoms with van der Waals surface area (Å²) in [6.45, 7) is 7.90. The Morgan fingerprint density at radius 3 is 2.50 bits per heavy atom. The second kappa shape index (κ2) is 18.0. The number of aldehydes is 1. The number of carbonyl (C=O) groups is 3. The summed E-state index contributed by atoms with van der Waals surface area (Å²) in [5, 5.41) is 17.5. The van der Waals surface area contributed by atoms with E-state index in [1.165, 1.54) is 25.0 Å². The first-order valence-electron chi connectivity index (χ1n) is 12.0. The average molecular weight is 504 g/mol. The van der Waals surface area contributed by atoms with Crippen molar-refractivity contribution in [3.8, 4) is 5.75 Å². The fourth-order valence-corrected chi connectivity index (χ4v) is 3.31. The fraction of sp³-hybridized carbons (Fsp3) is 0.444. The minimum atomic E-state index is -1.000. The van der Waals surface area contributed by atoms with Crippen molar-refractivity contribution in [2.24, 2.45) is 5.92 Å². The van der Waals surface area contributed by atoms with Gasteiger partial charge in [-0.3, -0.25) is 14.4 Å². The third-order valence-electron chi connectivity index (χ3n) is 5.59. The highest BCUT2D eigenvalue weighted by atomic mass is 19.1. The van der Waals surface area contributed by atoms with Crippen LogP contribution in [0.2, 0.25) is 0 Å². The molecule has 1 heterocycles. The summed E-state index contributed by atoms with van der Waals surface area (Å²) in [5.74, 6) is -0.0484. The number of carboxylic acid groups (broad SMARTS) is 1. The number of allylic oxidation sites excluding steroid dienone is 5. The smallest absolute Gasteiger partial charge is 0.322 e. The number of hydrogen-bond donors (Lipinski definition) is 4. The van der Waals surface area contributed by atoms with Gasteiger partial charge in [-0.15, -0.1) is 0 Å². The van der Waals surface area contributed by atoms with E-state index in [2.05, 4.69) is 22.5 Å². The van der Waals surface area contributed by atoms with Crippen LogP contribution in [0, 0.1) is 5.92 Å². The molecule has 1 amide bonds. The maximum Gasteiger partial charge on any atom is 0.322 e. The Bertz CT molecular complexity index is 893. The van der Waals surface area contributed by atoms with E-state index >= 15 is 0 Å². The lowest BCUT2D eigenvalue weighted by molar-refractivity contribution is -0.139. The van der Waals surface area contributed by atoms with E-state index in [4.69, 9.17) is 9.84 Å². The number of hydrogen-bond acceptors (Lipinski definition) is 6. The normalized spacial score (nSPS) is 14.9. The Balaban J connectivity index is 0.000000497. The topological polar surface area (TPSA) is 117 Å². The van der Waals surface area contributed by atoms with E-state index in [1.807, 2.05) is 0 Å². The lowest BCUT2D eigenvalue weighted by Crippen LogP contribution is -2.44. The molecule has 1 aliphatic rings. The summed E-state index contributed by atoms with van der Waals surface area (Å²) in [6.07, 6.45) is 8.74. The van der Waals surface area contributed by atoms with Crippen molar-refractivity contribution in [3.63, 3.8) is 0 Å². The quantitative estimate of drug-likeness (QED) is 0.185. The zero-order valence-electron chi connectivity index (χ0n) is 21.1. The van der Waals surface area contributed by atoms with Crippen LogP contribution in [0.4, 0.5) is 4.39 Å². The highest BCUT2D eigenvalue weighted by molar-refractivity contribution is 5.94. The summed E-state index contributed by atoms with van der Waals surface area (Å²) in [5.41, 5.74) is 0.833. The predicted molar refractivity (Wildman–Crippen MR) is 139 cm³/mol. The number of aliphatic carboxylic acids is 1. The molecular formula is C27H38FN3O5. The molecule has 1 saturated heterocycles. The van der Waals surface area contributed by atoms with Crippen molar-refractivity contribution in [2.75, 3.05) is 33.3 Å². The molecule has 0 aromatic heterocycles. The van der Waals surface area contributed by atoms with Crippen LogP contribution in [0.3, 0.4) is 0 Å². The zero-order valence-corrected chi connectivity index (χ0v) is 21.1. The molecule has 1 aliphatic heterocycles. The van der Waals surface area contributed by atoms with Gasteiger partial charge in [0.15, 0.2) is 0 Å². The SMILES string of the molecule is C=C(C=O)C=CC/C(F)=C\C.CNC(CNC(=O)c1ccc(OCCC2CCNCC2)cc1)C(=O)O. The summed E-state index contributed by atoms with van der Waals surface area (Å²) >= 11 is 0. The third kappa shape index (κ3) is 13.0. The van der Waals surface area contributed by atoms with E-state index < -0.39 is 12.0 Å². The molecule has 9 heteroatoms. The van der Waals surface area contributed by atoms with Gasteiger partial charge in [0.25, 0.3) is 5.91 Å². The van der Waals surface area contributed by atoms with Gasteiger partial charge in [-0.25, -0.2) is 4.39 Å². The Morgan fingerprint density at radius 2 is 1.94 bits per heavy atom. The van der Waals surface area contributed by atoms with Crippen LogP contribution in [-0.2, 0) is 9.59 Å². The molecule has 8 nitrogen and oxygen atoms in total. The van der Waals surface area contributed by atoms with Gasteiger partial charge in [-0.1, -0.05) is 24.8 Å². The van der Waals surface area contributed by atoms with Crippen LogP contribution in [0.5, 0.6) is 5.75 Å². The number of piperidine rings is 1. The summed E-state index contributed by atoms with van der Waals surface area (Å²) in [7, 11) is 1.54. The highest BCUT2D eigenvalue weighted by Gasteiger charge is 2.16. The van der Waals surface area contributed by atoms with Crippen LogP contribution in [0.25, 0.3) is 0 Å². The van der Waals surface area contributed by atoms with Crippen molar-refractivity contribution >= 4 is 18.2 Å². The predicted octanol–water partition coefficient (Wildman–Crippen LogP) is 3.42. The summed E-state index contributed by atoms with van der Waals surface area (Å²) in [4.78, 5) is 32.9. The minimum absolute atomic E-state index is 0.0269. The van der Waals surface area contributed by atoms with Crippen molar-refractivity contribution in [3.05, 3.63) is 66.0 Å². The first-order chi connectivity index (χ1) is 17.3. The number of likely N-dealkylation sites (N-methyl/N-ethyl adjacent to an activating group) is 1. The van der Waals surface area contributed by atoms with E-state index in [0.29, 0.717) is 24.0 Å². The Labute approximate surface area is 212 Å².